The number of nitrogens with zero attached hydrogens (tertiary/aromatic N) is 4. The minimum absolute atomic E-state index is 0.376. The van der Waals surface area contributed by atoms with Crippen molar-refractivity contribution in [3.8, 4) is 5.75 Å². The van der Waals surface area contributed by atoms with Crippen LogP contribution < -0.4 is 16.2 Å². The highest BCUT2D eigenvalue weighted by atomic mass is 16.5. The molecule has 0 saturated carbocycles. The largest absolute Gasteiger partial charge is 0.496 e. The maximum atomic E-state index is 5.80. The zero-order valence-corrected chi connectivity index (χ0v) is 11.7. The maximum absolute atomic E-state index is 5.80. The van der Waals surface area contributed by atoms with E-state index in [1.54, 1.807) is 13.4 Å². The highest BCUT2D eigenvalue weighted by Gasteiger charge is 2.11. The van der Waals surface area contributed by atoms with Crippen LogP contribution in [0.4, 0.5) is 5.82 Å². The van der Waals surface area contributed by atoms with Gasteiger partial charge in [0.05, 0.1) is 20.0 Å². The summed E-state index contributed by atoms with van der Waals surface area (Å²) in [6, 6.07) is 5.89. The zero-order valence-electron chi connectivity index (χ0n) is 11.7. The lowest BCUT2D eigenvalue weighted by Crippen LogP contribution is -2.04. The van der Waals surface area contributed by atoms with Crippen molar-refractivity contribution < 1.29 is 4.74 Å². The van der Waals surface area contributed by atoms with Gasteiger partial charge in [0.25, 0.3) is 0 Å². The highest BCUT2D eigenvalue weighted by Crippen LogP contribution is 2.23. The van der Waals surface area contributed by atoms with Crippen molar-refractivity contribution in [3.05, 3.63) is 42.0 Å². The van der Waals surface area contributed by atoms with Crippen molar-refractivity contribution in [3.63, 3.8) is 0 Å². The van der Waals surface area contributed by atoms with Gasteiger partial charge in [0.1, 0.15) is 17.6 Å². The number of benzene rings is 1. The van der Waals surface area contributed by atoms with Gasteiger partial charge in [-0.15, -0.1) is 0 Å². The van der Waals surface area contributed by atoms with Crippen molar-refractivity contribution in [2.24, 2.45) is 5.73 Å². The van der Waals surface area contributed by atoms with E-state index in [1.807, 2.05) is 22.8 Å². The predicted molar refractivity (Wildman–Crippen MR) is 79.7 cm³/mol. The normalized spacial score (nSPS) is 11.0. The lowest BCUT2D eigenvalue weighted by molar-refractivity contribution is 0.408. The number of rotatable bonds is 4. The van der Waals surface area contributed by atoms with E-state index in [0.717, 1.165) is 16.9 Å². The van der Waals surface area contributed by atoms with E-state index < -0.39 is 0 Å². The summed E-state index contributed by atoms with van der Waals surface area (Å²) < 4.78 is 7.31. The first kappa shape index (κ1) is 13.3. The smallest absolute Gasteiger partial charge is 0.165 e. The number of hydrogen-bond acceptors (Lipinski definition) is 6. The third-order valence-electron chi connectivity index (χ3n) is 3.35. The van der Waals surface area contributed by atoms with Gasteiger partial charge in [-0.3, -0.25) is 0 Å². The zero-order chi connectivity index (χ0) is 14.8. The van der Waals surface area contributed by atoms with Gasteiger partial charge in [0.15, 0.2) is 11.5 Å². The minimum Gasteiger partial charge on any atom is -0.496 e. The summed E-state index contributed by atoms with van der Waals surface area (Å²) in [6.07, 6.45) is 3.13. The van der Waals surface area contributed by atoms with Crippen LogP contribution in [0, 0.1) is 0 Å². The van der Waals surface area contributed by atoms with Gasteiger partial charge in [0.2, 0.25) is 0 Å². The number of imidazole rings is 1. The molecule has 2 aromatic heterocycles. The number of methoxy groups -OCH3 is 1. The van der Waals surface area contributed by atoms with Crippen molar-refractivity contribution in [2.45, 2.75) is 13.1 Å². The molecule has 0 bridgehead atoms. The summed E-state index contributed by atoms with van der Waals surface area (Å²) in [6.45, 7) is 1.06. The van der Waals surface area contributed by atoms with Crippen molar-refractivity contribution in [1.82, 2.24) is 19.5 Å². The molecule has 0 aliphatic heterocycles. The molecule has 7 nitrogen and oxygen atoms in total. The Morgan fingerprint density at radius 2 is 2.10 bits per heavy atom. The van der Waals surface area contributed by atoms with Crippen LogP contribution in [0.25, 0.3) is 11.2 Å². The number of nitrogens with two attached hydrogens (primary N) is 2. The summed E-state index contributed by atoms with van der Waals surface area (Å²) >= 11 is 0. The van der Waals surface area contributed by atoms with E-state index in [0.29, 0.717) is 30.1 Å². The van der Waals surface area contributed by atoms with Gasteiger partial charge in [-0.2, -0.15) is 0 Å². The van der Waals surface area contributed by atoms with E-state index in [9.17, 15) is 0 Å². The Morgan fingerprint density at radius 1 is 1.24 bits per heavy atom. The lowest BCUT2D eigenvalue weighted by atomic mass is 10.1. The molecule has 0 amide bonds. The summed E-state index contributed by atoms with van der Waals surface area (Å²) in [7, 11) is 1.65. The van der Waals surface area contributed by atoms with E-state index >= 15 is 0 Å². The molecule has 3 rings (SSSR count). The maximum Gasteiger partial charge on any atom is 0.165 e. The van der Waals surface area contributed by atoms with Crippen LogP contribution in [-0.2, 0) is 13.1 Å². The minimum atomic E-state index is 0.376. The molecule has 0 spiro atoms. The quantitative estimate of drug-likeness (QED) is 0.738. The summed E-state index contributed by atoms with van der Waals surface area (Å²) in [5.74, 6) is 1.18. The van der Waals surface area contributed by atoms with Gasteiger partial charge >= 0.3 is 0 Å². The molecule has 4 N–H and O–H groups in total. The molecule has 0 radical (unpaired) electrons. The first-order valence-corrected chi connectivity index (χ1v) is 6.50. The Hall–Kier alpha value is -2.67. The molecular weight excluding hydrogens is 268 g/mol. The third-order valence-corrected chi connectivity index (χ3v) is 3.35. The molecule has 0 fully saturated rings. The molecule has 1 aromatic carbocycles. The molecule has 0 unspecified atom stereocenters. The Balaban J connectivity index is 2.04. The fourth-order valence-electron chi connectivity index (χ4n) is 2.28. The van der Waals surface area contributed by atoms with E-state index in [-0.39, 0.29) is 0 Å². The highest BCUT2D eigenvalue weighted by molar-refractivity contribution is 5.81. The Labute approximate surface area is 121 Å². The van der Waals surface area contributed by atoms with Gasteiger partial charge < -0.3 is 20.8 Å². The van der Waals surface area contributed by atoms with Crippen molar-refractivity contribution >= 4 is 17.0 Å². The average Bonchev–Trinajstić information content (AvgIpc) is 2.92. The molecular formula is C14H16N6O. The Kier molecular flexibility index (Phi) is 3.41. The van der Waals surface area contributed by atoms with Gasteiger partial charge in [-0.25, -0.2) is 15.0 Å². The molecule has 0 saturated heterocycles. The summed E-state index contributed by atoms with van der Waals surface area (Å²) in [5.41, 5.74) is 14.9. The molecule has 2 heterocycles. The number of anilines is 1. The van der Waals surface area contributed by atoms with Crippen LogP contribution >= 0.6 is 0 Å². The molecule has 0 atom stereocenters. The fourth-order valence-corrected chi connectivity index (χ4v) is 2.28. The standard InChI is InChI=1S/C14H16N6O/c1-21-11-3-2-9(5-15)4-10(11)6-20-8-19-12-13(16)17-7-18-14(12)20/h2-4,7-8H,5-6,15H2,1H3,(H2,16,17,18). The van der Waals surface area contributed by atoms with Crippen LogP contribution in [-0.4, -0.2) is 26.6 Å². The molecule has 0 aliphatic carbocycles. The Bertz CT molecular complexity index is 782. The van der Waals surface area contributed by atoms with Crippen LogP contribution in [0.2, 0.25) is 0 Å². The van der Waals surface area contributed by atoms with Crippen LogP contribution in [0.3, 0.4) is 0 Å². The Morgan fingerprint density at radius 3 is 2.86 bits per heavy atom. The first-order chi connectivity index (χ1) is 10.2. The van der Waals surface area contributed by atoms with Gasteiger partial charge in [0, 0.05) is 12.1 Å². The SMILES string of the molecule is COc1ccc(CN)cc1Cn1cnc2c(N)ncnc21. The summed E-state index contributed by atoms with van der Waals surface area (Å²) in [5, 5.41) is 0. The number of nitrogen functional groups attached to an aromatic ring is 1. The second kappa shape index (κ2) is 5.37. The van der Waals surface area contributed by atoms with Crippen molar-refractivity contribution in [2.75, 3.05) is 12.8 Å². The molecule has 21 heavy (non-hydrogen) atoms. The fraction of sp³-hybridized carbons (Fsp3) is 0.214. The van der Waals surface area contributed by atoms with Gasteiger partial charge in [-0.05, 0) is 17.7 Å². The van der Waals surface area contributed by atoms with E-state index in [2.05, 4.69) is 15.0 Å². The number of ether oxygens (including phenoxy) is 1. The van der Waals surface area contributed by atoms with Gasteiger partial charge in [-0.1, -0.05) is 6.07 Å². The second-order valence-electron chi connectivity index (χ2n) is 4.65. The number of hydrogen-bond donors (Lipinski definition) is 2. The third kappa shape index (κ3) is 2.38. The van der Waals surface area contributed by atoms with E-state index in [4.69, 9.17) is 16.2 Å². The van der Waals surface area contributed by atoms with Crippen LogP contribution in [0.15, 0.2) is 30.9 Å². The second-order valence-corrected chi connectivity index (χ2v) is 4.65. The number of fused-ring (bicyclic) bond motifs is 1. The lowest BCUT2D eigenvalue weighted by Gasteiger charge is -2.11. The van der Waals surface area contributed by atoms with E-state index in [1.165, 1.54) is 6.33 Å². The van der Waals surface area contributed by atoms with Crippen LogP contribution in [0.1, 0.15) is 11.1 Å². The predicted octanol–water partition coefficient (Wildman–Crippen LogP) is 0.924. The molecule has 108 valence electrons. The molecule has 0 aliphatic rings. The monoisotopic (exact) mass is 284 g/mol. The molecule has 7 heteroatoms. The average molecular weight is 284 g/mol. The first-order valence-electron chi connectivity index (χ1n) is 6.50. The summed E-state index contributed by atoms with van der Waals surface area (Å²) in [4.78, 5) is 12.4. The van der Waals surface area contributed by atoms with Crippen LogP contribution in [0.5, 0.6) is 5.75 Å². The number of aromatic nitrogens is 4. The van der Waals surface area contributed by atoms with Crippen molar-refractivity contribution in [1.29, 1.82) is 0 Å². The molecule has 3 aromatic rings. The topological polar surface area (TPSA) is 105 Å².